The number of hydrogen-bond donors (Lipinski definition) is 6. The summed E-state index contributed by atoms with van der Waals surface area (Å²) < 4.78 is 11.3. The molecule has 1 rings (SSSR count). The summed E-state index contributed by atoms with van der Waals surface area (Å²) in [5.41, 5.74) is 0. The maximum Gasteiger partial charge on any atom is 0.220 e. The van der Waals surface area contributed by atoms with E-state index in [9.17, 15) is 30.3 Å². The third-order valence-electron chi connectivity index (χ3n) is 16.2. The van der Waals surface area contributed by atoms with Gasteiger partial charge in [-0.1, -0.05) is 320 Å². The second-order valence-electron chi connectivity index (χ2n) is 23.6. The molecule has 0 aromatic carbocycles. The van der Waals surface area contributed by atoms with E-state index in [1.807, 2.05) is 6.08 Å². The highest BCUT2D eigenvalue weighted by molar-refractivity contribution is 5.76. The average molecular weight is 1090 g/mol. The molecule has 0 radical (unpaired) electrons. The predicted octanol–water partition coefficient (Wildman–Crippen LogP) is 17.9. The van der Waals surface area contributed by atoms with Crippen LogP contribution in [0.2, 0.25) is 0 Å². The first-order chi connectivity index (χ1) is 37.8. The second kappa shape index (κ2) is 57.6. The number of allylic oxidation sites excluding steroid dienone is 5. The van der Waals surface area contributed by atoms with Crippen LogP contribution in [0.5, 0.6) is 0 Å². The fourth-order valence-electron chi connectivity index (χ4n) is 10.9. The molecule has 454 valence electrons. The standard InChI is InChI=1S/C68H129NO8/c1-3-5-7-9-11-13-15-17-19-21-23-24-25-26-27-28-29-30-31-32-33-34-35-36-37-38-40-42-44-46-48-50-52-54-56-58-64(72)69-61(60-76-68-67(75)66(74)65(73)63(59-70)77-68)62(71)57-55-53-51-49-47-45-43-41-39-22-20-18-16-14-12-10-8-6-4-2/h39,41,47,49,55,57,61-63,65-68,70-71,73-75H,3-38,40,42-46,48,50-54,56,58-60H2,1-2H3,(H,69,72)/b41-39+,49-47+,57-55+. The SMILES string of the molecule is CCCCCCCCCCC/C=C/CC/C=C/CC/C=C/C(O)C(COC1OC(CO)C(O)C(O)C1O)NC(=O)CCCCCCCCCCCCCCCCCCCCCCCCCCCCCCCCCCCCC. The van der Waals surface area contributed by atoms with Crippen LogP contribution in [0.25, 0.3) is 0 Å². The smallest absolute Gasteiger partial charge is 0.220 e. The number of aliphatic hydroxyl groups excluding tert-OH is 5. The Balaban J connectivity index is 2.10. The number of nitrogens with one attached hydrogen (secondary N) is 1. The molecule has 7 unspecified atom stereocenters. The second-order valence-corrected chi connectivity index (χ2v) is 23.6. The molecule has 0 aromatic heterocycles. The van der Waals surface area contributed by atoms with Gasteiger partial charge in [-0.3, -0.25) is 4.79 Å². The number of carbonyl (C=O) groups is 1. The van der Waals surface area contributed by atoms with Gasteiger partial charge in [0, 0.05) is 6.42 Å². The summed E-state index contributed by atoms with van der Waals surface area (Å²) in [7, 11) is 0. The molecule has 0 saturated carbocycles. The summed E-state index contributed by atoms with van der Waals surface area (Å²) in [4.78, 5) is 13.1. The molecule has 0 bridgehead atoms. The molecule has 1 aliphatic rings. The largest absolute Gasteiger partial charge is 0.394 e. The molecule has 9 heteroatoms. The van der Waals surface area contributed by atoms with Crippen LogP contribution in [0.4, 0.5) is 0 Å². The van der Waals surface area contributed by atoms with Crippen LogP contribution < -0.4 is 5.32 Å². The lowest BCUT2D eigenvalue weighted by atomic mass is 9.99. The normalized spacial score (nSPS) is 18.9. The van der Waals surface area contributed by atoms with Crippen LogP contribution in [0.1, 0.15) is 335 Å². The monoisotopic (exact) mass is 1090 g/mol. The number of hydrogen-bond acceptors (Lipinski definition) is 8. The number of aliphatic hydroxyl groups is 5. The molecule has 1 heterocycles. The molecular weight excluding hydrogens is 959 g/mol. The van der Waals surface area contributed by atoms with Gasteiger partial charge in [0.2, 0.25) is 5.91 Å². The van der Waals surface area contributed by atoms with Crippen LogP contribution in [0, 0.1) is 0 Å². The molecule has 1 saturated heterocycles. The van der Waals surface area contributed by atoms with Crippen LogP contribution >= 0.6 is 0 Å². The first-order valence-electron chi connectivity index (χ1n) is 33.7. The minimum atomic E-state index is -1.57. The lowest BCUT2D eigenvalue weighted by Crippen LogP contribution is -2.60. The van der Waals surface area contributed by atoms with Crippen LogP contribution in [0.15, 0.2) is 36.5 Å². The molecule has 1 aliphatic heterocycles. The van der Waals surface area contributed by atoms with E-state index in [0.717, 1.165) is 44.9 Å². The molecule has 1 fully saturated rings. The Morgan fingerprint density at radius 1 is 0.429 bits per heavy atom. The van der Waals surface area contributed by atoms with E-state index < -0.39 is 49.5 Å². The minimum absolute atomic E-state index is 0.184. The third-order valence-corrected chi connectivity index (χ3v) is 16.2. The van der Waals surface area contributed by atoms with Crippen molar-refractivity contribution in [3.63, 3.8) is 0 Å². The van der Waals surface area contributed by atoms with Gasteiger partial charge in [0.1, 0.15) is 24.4 Å². The quantitative estimate of drug-likeness (QED) is 0.0261. The van der Waals surface area contributed by atoms with Crippen LogP contribution in [-0.4, -0.2) is 87.5 Å². The molecular formula is C68H129NO8. The van der Waals surface area contributed by atoms with Crippen molar-refractivity contribution in [1.29, 1.82) is 0 Å². The maximum absolute atomic E-state index is 13.1. The number of ether oxygens (including phenoxy) is 2. The van der Waals surface area contributed by atoms with Crippen LogP contribution in [0.3, 0.4) is 0 Å². The Kier molecular flexibility index (Phi) is 55.0. The predicted molar refractivity (Wildman–Crippen MR) is 327 cm³/mol. The minimum Gasteiger partial charge on any atom is -0.394 e. The summed E-state index contributed by atoms with van der Waals surface area (Å²) in [6.45, 7) is 3.80. The summed E-state index contributed by atoms with van der Waals surface area (Å²) in [6.07, 6.45) is 69.8. The van der Waals surface area contributed by atoms with Crippen LogP contribution in [-0.2, 0) is 14.3 Å². The van der Waals surface area contributed by atoms with Crippen molar-refractivity contribution in [3.05, 3.63) is 36.5 Å². The summed E-state index contributed by atoms with van der Waals surface area (Å²) in [6, 6.07) is -0.827. The lowest BCUT2D eigenvalue weighted by molar-refractivity contribution is -0.302. The Hall–Kier alpha value is -1.59. The van der Waals surface area contributed by atoms with Gasteiger partial charge < -0.3 is 40.3 Å². The van der Waals surface area contributed by atoms with E-state index in [-0.39, 0.29) is 12.5 Å². The van der Waals surface area contributed by atoms with Gasteiger partial charge in [-0.05, 0) is 44.9 Å². The number of unbranched alkanes of at least 4 members (excludes halogenated alkanes) is 45. The maximum atomic E-state index is 13.1. The van der Waals surface area contributed by atoms with E-state index in [2.05, 4.69) is 43.5 Å². The van der Waals surface area contributed by atoms with Crippen molar-refractivity contribution in [2.24, 2.45) is 0 Å². The molecule has 0 aromatic rings. The van der Waals surface area contributed by atoms with E-state index in [4.69, 9.17) is 9.47 Å². The summed E-state index contributed by atoms with van der Waals surface area (Å²) >= 11 is 0. The molecule has 0 aliphatic carbocycles. The van der Waals surface area contributed by atoms with E-state index in [0.29, 0.717) is 6.42 Å². The van der Waals surface area contributed by atoms with Gasteiger partial charge in [-0.2, -0.15) is 0 Å². The van der Waals surface area contributed by atoms with Gasteiger partial charge in [-0.25, -0.2) is 0 Å². The van der Waals surface area contributed by atoms with E-state index >= 15 is 0 Å². The number of rotatable bonds is 59. The van der Waals surface area contributed by atoms with Gasteiger partial charge in [0.15, 0.2) is 6.29 Å². The first-order valence-corrected chi connectivity index (χ1v) is 33.7. The fourth-order valence-corrected chi connectivity index (χ4v) is 10.9. The van der Waals surface area contributed by atoms with Crippen molar-refractivity contribution < 1.29 is 39.8 Å². The van der Waals surface area contributed by atoms with Gasteiger partial charge in [-0.15, -0.1) is 0 Å². The Labute approximate surface area is 476 Å². The average Bonchev–Trinajstić information content (AvgIpc) is 3.43. The summed E-state index contributed by atoms with van der Waals surface area (Å²) in [5.74, 6) is -0.184. The molecule has 6 N–H and O–H groups in total. The first kappa shape index (κ1) is 73.4. The van der Waals surface area contributed by atoms with Crippen molar-refractivity contribution >= 4 is 5.91 Å². The van der Waals surface area contributed by atoms with Crippen molar-refractivity contribution in [2.45, 2.75) is 378 Å². The fraction of sp³-hybridized carbons (Fsp3) is 0.897. The van der Waals surface area contributed by atoms with Crippen molar-refractivity contribution in [2.75, 3.05) is 13.2 Å². The van der Waals surface area contributed by atoms with Gasteiger partial charge in [0.25, 0.3) is 0 Å². The van der Waals surface area contributed by atoms with E-state index in [1.54, 1.807) is 6.08 Å². The van der Waals surface area contributed by atoms with Gasteiger partial charge >= 0.3 is 0 Å². The Morgan fingerprint density at radius 2 is 0.740 bits per heavy atom. The van der Waals surface area contributed by atoms with E-state index in [1.165, 1.54) is 270 Å². The molecule has 9 nitrogen and oxygen atoms in total. The lowest BCUT2D eigenvalue weighted by Gasteiger charge is -2.40. The zero-order valence-corrected chi connectivity index (χ0v) is 50.7. The van der Waals surface area contributed by atoms with Crippen molar-refractivity contribution in [1.82, 2.24) is 5.32 Å². The highest BCUT2D eigenvalue weighted by Crippen LogP contribution is 2.23. The Bertz CT molecular complexity index is 1310. The summed E-state index contributed by atoms with van der Waals surface area (Å²) in [5, 5.41) is 54.6. The number of carbonyl (C=O) groups excluding carboxylic acids is 1. The topological polar surface area (TPSA) is 149 Å². The third kappa shape index (κ3) is 46.7. The number of amides is 1. The zero-order chi connectivity index (χ0) is 55.8. The molecule has 7 atom stereocenters. The highest BCUT2D eigenvalue weighted by atomic mass is 16.7. The Morgan fingerprint density at radius 3 is 1.09 bits per heavy atom. The molecule has 77 heavy (non-hydrogen) atoms. The molecule has 0 spiro atoms. The molecule has 1 amide bonds. The highest BCUT2D eigenvalue weighted by Gasteiger charge is 2.44. The zero-order valence-electron chi connectivity index (χ0n) is 50.7. The van der Waals surface area contributed by atoms with Gasteiger partial charge in [0.05, 0.1) is 25.4 Å². The van der Waals surface area contributed by atoms with Crippen molar-refractivity contribution in [3.8, 4) is 0 Å².